The molecule has 3 nitrogen and oxygen atoms in total. The quantitative estimate of drug-likeness (QED) is 0.735. The normalized spacial score (nSPS) is 10.4. The zero-order valence-corrected chi connectivity index (χ0v) is 11.1. The smallest absolute Gasteiger partial charge is 0.155 e. The van der Waals surface area contributed by atoms with Crippen molar-refractivity contribution in [1.29, 1.82) is 0 Å². The van der Waals surface area contributed by atoms with Crippen molar-refractivity contribution >= 4 is 5.65 Å². The molecule has 0 aliphatic carbocycles. The summed E-state index contributed by atoms with van der Waals surface area (Å²) in [6.07, 6.45) is 0. The van der Waals surface area contributed by atoms with Crippen molar-refractivity contribution in [3.63, 3.8) is 0 Å². The van der Waals surface area contributed by atoms with Gasteiger partial charge in [-0.25, -0.2) is 9.50 Å². The predicted octanol–water partition coefficient (Wildman–Crippen LogP) is 3.50. The second-order valence-electron chi connectivity index (χ2n) is 4.03. The first-order valence-corrected chi connectivity index (χ1v) is 5.92. The van der Waals surface area contributed by atoms with Gasteiger partial charge in [-0.2, -0.15) is 5.10 Å². The molecule has 3 heteroatoms. The molecule has 0 unspecified atom stereocenters. The maximum absolute atomic E-state index is 4.51. The molecule has 0 fully saturated rings. The summed E-state index contributed by atoms with van der Waals surface area (Å²) < 4.78 is 1.91. The summed E-state index contributed by atoms with van der Waals surface area (Å²) in [7, 11) is 0. The van der Waals surface area contributed by atoms with Crippen molar-refractivity contribution in [3.8, 4) is 0 Å². The van der Waals surface area contributed by atoms with Gasteiger partial charge in [-0.15, -0.1) is 0 Å². The summed E-state index contributed by atoms with van der Waals surface area (Å²) in [5, 5.41) is 4.51. The Kier molecular flexibility index (Phi) is 4.05. The van der Waals surface area contributed by atoms with E-state index in [-0.39, 0.29) is 0 Å². The lowest BCUT2D eigenvalue weighted by molar-refractivity contribution is 0.775. The fourth-order valence-electron chi connectivity index (χ4n) is 1.59. The van der Waals surface area contributed by atoms with Crippen LogP contribution in [0.3, 0.4) is 0 Å². The number of nitrogens with zero attached hydrogens (tertiary/aromatic N) is 3. The van der Waals surface area contributed by atoms with E-state index in [0.29, 0.717) is 5.92 Å². The Balaban J connectivity index is 0.000000606. The van der Waals surface area contributed by atoms with Crippen LogP contribution >= 0.6 is 0 Å². The van der Waals surface area contributed by atoms with Crippen molar-refractivity contribution in [2.45, 2.75) is 47.5 Å². The van der Waals surface area contributed by atoms with Crippen molar-refractivity contribution in [2.75, 3.05) is 0 Å². The SMILES string of the molecule is CC.Cc1cc(C)n2nc(C(C)C)cc2n1. The van der Waals surface area contributed by atoms with E-state index in [1.54, 1.807) is 0 Å². The van der Waals surface area contributed by atoms with Crippen molar-refractivity contribution < 1.29 is 0 Å². The number of aryl methyl sites for hydroxylation is 2. The highest BCUT2D eigenvalue weighted by Crippen LogP contribution is 2.15. The minimum atomic E-state index is 0.455. The van der Waals surface area contributed by atoms with E-state index in [9.17, 15) is 0 Å². The highest BCUT2D eigenvalue weighted by atomic mass is 15.3. The van der Waals surface area contributed by atoms with Crippen LogP contribution < -0.4 is 0 Å². The van der Waals surface area contributed by atoms with Crippen LogP contribution in [0.15, 0.2) is 12.1 Å². The third-order valence-corrected chi connectivity index (χ3v) is 2.34. The van der Waals surface area contributed by atoms with Gasteiger partial charge < -0.3 is 0 Å². The molecule has 0 amide bonds. The molecule has 16 heavy (non-hydrogen) atoms. The van der Waals surface area contributed by atoms with Crippen molar-refractivity contribution in [2.24, 2.45) is 0 Å². The van der Waals surface area contributed by atoms with Gasteiger partial charge >= 0.3 is 0 Å². The number of aromatic nitrogens is 3. The van der Waals surface area contributed by atoms with E-state index in [1.165, 1.54) is 0 Å². The zero-order valence-electron chi connectivity index (χ0n) is 11.1. The van der Waals surface area contributed by atoms with Crippen LogP contribution in [-0.4, -0.2) is 14.6 Å². The Morgan fingerprint density at radius 3 is 2.31 bits per heavy atom. The van der Waals surface area contributed by atoms with Crippen LogP contribution in [0, 0.1) is 13.8 Å². The van der Waals surface area contributed by atoms with Gasteiger partial charge in [-0.05, 0) is 25.8 Å². The molecule has 2 rings (SSSR count). The van der Waals surface area contributed by atoms with Gasteiger partial charge in [-0.3, -0.25) is 0 Å². The fraction of sp³-hybridized carbons (Fsp3) is 0.538. The summed E-state index contributed by atoms with van der Waals surface area (Å²) in [6, 6.07) is 4.11. The highest BCUT2D eigenvalue weighted by Gasteiger charge is 2.07. The van der Waals surface area contributed by atoms with Crippen LogP contribution in [-0.2, 0) is 0 Å². The van der Waals surface area contributed by atoms with Crippen molar-refractivity contribution in [3.05, 3.63) is 29.2 Å². The Bertz CT molecular complexity index is 469. The van der Waals surface area contributed by atoms with E-state index in [2.05, 4.69) is 36.9 Å². The highest BCUT2D eigenvalue weighted by molar-refractivity contribution is 5.42. The van der Waals surface area contributed by atoms with E-state index in [1.807, 2.05) is 31.4 Å². The maximum atomic E-state index is 4.51. The summed E-state index contributed by atoms with van der Waals surface area (Å²) in [4.78, 5) is 4.44. The monoisotopic (exact) mass is 219 g/mol. The molecule has 2 aromatic rings. The Morgan fingerprint density at radius 2 is 1.75 bits per heavy atom. The number of hydrogen-bond donors (Lipinski definition) is 0. The molecular weight excluding hydrogens is 198 g/mol. The van der Waals surface area contributed by atoms with E-state index in [0.717, 1.165) is 22.7 Å². The number of rotatable bonds is 1. The first kappa shape index (κ1) is 12.7. The summed E-state index contributed by atoms with van der Waals surface area (Å²) >= 11 is 0. The summed E-state index contributed by atoms with van der Waals surface area (Å²) in [6.45, 7) is 12.3. The first-order chi connectivity index (χ1) is 7.58. The number of fused-ring (bicyclic) bond motifs is 1. The van der Waals surface area contributed by atoms with Crippen LogP contribution in [0.1, 0.15) is 50.7 Å². The minimum Gasteiger partial charge on any atom is -0.234 e. The lowest BCUT2D eigenvalue weighted by Crippen LogP contribution is -1.97. The molecule has 0 saturated heterocycles. The Hall–Kier alpha value is -1.38. The van der Waals surface area contributed by atoms with Gasteiger partial charge in [0.15, 0.2) is 5.65 Å². The van der Waals surface area contributed by atoms with E-state index < -0.39 is 0 Å². The standard InChI is InChI=1S/C11H15N3.C2H6/c1-7(2)10-6-11-12-8(3)5-9(4)14(11)13-10;1-2/h5-7H,1-4H3;1-2H3. The average molecular weight is 219 g/mol. The molecule has 0 N–H and O–H groups in total. The molecule has 0 aromatic carbocycles. The number of hydrogen-bond acceptors (Lipinski definition) is 2. The van der Waals surface area contributed by atoms with Gasteiger partial charge in [-0.1, -0.05) is 27.7 Å². The second kappa shape index (κ2) is 5.10. The van der Waals surface area contributed by atoms with Gasteiger partial charge in [0, 0.05) is 17.5 Å². The van der Waals surface area contributed by atoms with Crippen molar-refractivity contribution in [1.82, 2.24) is 14.6 Å². The lowest BCUT2D eigenvalue weighted by atomic mass is 10.1. The topological polar surface area (TPSA) is 30.2 Å². The molecule has 0 saturated carbocycles. The van der Waals surface area contributed by atoms with Crippen LogP contribution in [0.5, 0.6) is 0 Å². The third kappa shape index (κ3) is 2.40. The van der Waals surface area contributed by atoms with Crippen LogP contribution in [0.25, 0.3) is 5.65 Å². The molecule has 0 bridgehead atoms. The average Bonchev–Trinajstić information content (AvgIpc) is 2.64. The molecule has 0 spiro atoms. The van der Waals surface area contributed by atoms with E-state index >= 15 is 0 Å². The molecule has 0 aliphatic heterocycles. The Labute approximate surface area is 97.5 Å². The summed E-state index contributed by atoms with van der Waals surface area (Å²) in [5.41, 5.74) is 4.24. The Morgan fingerprint density at radius 1 is 1.12 bits per heavy atom. The molecule has 0 atom stereocenters. The second-order valence-corrected chi connectivity index (χ2v) is 4.03. The van der Waals surface area contributed by atoms with Crippen LogP contribution in [0.2, 0.25) is 0 Å². The minimum absolute atomic E-state index is 0.455. The molecule has 2 heterocycles. The molecule has 88 valence electrons. The summed E-state index contributed by atoms with van der Waals surface area (Å²) in [5.74, 6) is 0.455. The molecule has 2 aromatic heterocycles. The van der Waals surface area contributed by atoms with Gasteiger partial charge in [0.05, 0.1) is 5.69 Å². The maximum Gasteiger partial charge on any atom is 0.155 e. The molecule has 0 radical (unpaired) electrons. The third-order valence-electron chi connectivity index (χ3n) is 2.34. The van der Waals surface area contributed by atoms with Gasteiger partial charge in [0.2, 0.25) is 0 Å². The molecular formula is C13H21N3. The first-order valence-electron chi connectivity index (χ1n) is 5.92. The van der Waals surface area contributed by atoms with Gasteiger partial charge in [0.1, 0.15) is 0 Å². The predicted molar refractivity (Wildman–Crippen MR) is 67.9 cm³/mol. The van der Waals surface area contributed by atoms with Gasteiger partial charge in [0.25, 0.3) is 0 Å². The fourth-order valence-corrected chi connectivity index (χ4v) is 1.59. The van der Waals surface area contributed by atoms with E-state index in [4.69, 9.17) is 0 Å². The zero-order chi connectivity index (χ0) is 12.3. The molecule has 0 aliphatic rings. The van der Waals surface area contributed by atoms with Crippen LogP contribution in [0.4, 0.5) is 0 Å². The largest absolute Gasteiger partial charge is 0.234 e. The lowest BCUT2D eigenvalue weighted by Gasteiger charge is -1.99.